The smallest absolute Gasteiger partial charge is 0.237 e. The Hall–Kier alpha value is -0.870. The summed E-state index contributed by atoms with van der Waals surface area (Å²) in [4.78, 5) is 13.8. The lowest BCUT2D eigenvalue weighted by Gasteiger charge is -2.22. The lowest BCUT2D eigenvalue weighted by molar-refractivity contribution is -0.125. The van der Waals surface area contributed by atoms with Crippen molar-refractivity contribution in [2.75, 3.05) is 14.1 Å². The minimum absolute atomic E-state index is 0.0259. The SMILES string of the molecule is CC(NC(=O)[C@H](C)N(C)C)c1ccc(Br)cc1. The van der Waals surface area contributed by atoms with Crippen molar-refractivity contribution in [2.24, 2.45) is 0 Å². The van der Waals surface area contributed by atoms with Crippen LogP contribution in [0.4, 0.5) is 0 Å². The summed E-state index contributed by atoms with van der Waals surface area (Å²) < 4.78 is 1.04. The zero-order chi connectivity index (χ0) is 13.0. The number of amides is 1. The molecule has 0 aliphatic heterocycles. The number of carbonyl (C=O) groups excluding carboxylic acids is 1. The second kappa shape index (κ2) is 6.17. The molecule has 1 N–H and O–H groups in total. The first-order chi connectivity index (χ1) is 7.91. The van der Waals surface area contributed by atoms with E-state index in [2.05, 4.69) is 21.2 Å². The van der Waals surface area contributed by atoms with E-state index in [0.717, 1.165) is 10.0 Å². The molecular formula is C13H19BrN2O. The number of hydrogen-bond donors (Lipinski definition) is 1. The number of benzene rings is 1. The molecule has 0 aliphatic carbocycles. The zero-order valence-corrected chi connectivity index (χ0v) is 12.3. The predicted octanol–water partition coefficient (Wildman–Crippen LogP) is 2.58. The molecule has 0 radical (unpaired) electrons. The molecule has 0 spiro atoms. The Bertz CT molecular complexity index is 376. The van der Waals surface area contributed by atoms with Gasteiger partial charge in [0.05, 0.1) is 12.1 Å². The van der Waals surface area contributed by atoms with Crippen molar-refractivity contribution < 1.29 is 4.79 Å². The summed E-state index contributed by atoms with van der Waals surface area (Å²) in [6.45, 7) is 3.88. The summed E-state index contributed by atoms with van der Waals surface area (Å²) in [5.74, 6) is 0.0467. The number of carbonyl (C=O) groups is 1. The Morgan fingerprint density at radius 3 is 2.24 bits per heavy atom. The van der Waals surface area contributed by atoms with E-state index in [1.54, 1.807) is 0 Å². The normalized spacial score (nSPS) is 14.5. The second-order valence-electron chi connectivity index (χ2n) is 4.42. The zero-order valence-electron chi connectivity index (χ0n) is 10.7. The molecule has 1 rings (SSSR count). The standard InChI is InChI=1S/C13H19BrN2O/c1-9(11-5-7-12(14)8-6-11)15-13(17)10(2)16(3)4/h5-10H,1-4H3,(H,15,17)/t9?,10-/m0/s1. The van der Waals surface area contributed by atoms with Crippen LogP contribution in [-0.4, -0.2) is 30.9 Å². The quantitative estimate of drug-likeness (QED) is 0.927. The molecule has 0 fully saturated rings. The number of nitrogens with zero attached hydrogens (tertiary/aromatic N) is 1. The van der Waals surface area contributed by atoms with Crippen LogP contribution < -0.4 is 5.32 Å². The summed E-state index contributed by atoms with van der Waals surface area (Å²) in [6, 6.07) is 7.89. The van der Waals surface area contributed by atoms with Crippen molar-refractivity contribution in [1.29, 1.82) is 0 Å². The van der Waals surface area contributed by atoms with Crippen LogP contribution >= 0.6 is 15.9 Å². The molecule has 4 heteroatoms. The summed E-state index contributed by atoms with van der Waals surface area (Å²) in [5, 5.41) is 3.00. The van der Waals surface area contributed by atoms with E-state index in [-0.39, 0.29) is 18.0 Å². The van der Waals surface area contributed by atoms with Crippen LogP contribution in [0, 0.1) is 0 Å². The number of hydrogen-bond acceptors (Lipinski definition) is 2. The Labute approximate surface area is 111 Å². The molecule has 94 valence electrons. The summed E-state index contributed by atoms with van der Waals surface area (Å²) >= 11 is 3.39. The van der Waals surface area contributed by atoms with Gasteiger partial charge in [-0.3, -0.25) is 9.69 Å². The van der Waals surface area contributed by atoms with E-state index in [1.165, 1.54) is 0 Å². The van der Waals surface area contributed by atoms with Crippen molar-refractivity contribution in [3.8, 4) is 0 Å². The van der Waals surface area contributed by atoms with Gasteiger partial charge in [-0.2, -0.15) is 0 Å². The van der Waals surface area contributed by atoms with Gasteiger partial charge in [-0.15, -0.1) is 0 Å². The Morgan fingerprint density at radius 2 is 1.76 bits per heavy atom. The molecule has 3 nitrogen and oxygen atoms in total. The van der Waals surface area contributed by atoms with Crippen LogP contribution in [0.2, 0.25) is 0 Å². The Balaban J connectivity index is 2.63. The van der Waals surface area contributed by atoms with Gasteiger partial charge in [-0.25, -0.2) is 0 Å². The van der Waals surface area contributed by atoms with Gasteiger partial charge in [0.2, 0.25) is 5.91 Å². The van der Waals surface area contributed by atoms with Crippen molar-refractivity contribution >= 4 is 21.8 Å². The van der Waals surface area contributed by atoms with E-state index in [1.807, 2.05) is 57.1 Å². The number of nitrogens with one attached hydrogen (secondary N) is 1. The third kappa shape index (κ3) is 4.13. The Morgan fingerprint density at radius 1 is 1.24 bits per heavy atom. The van der Waals surface area contributed by atoms with Crippen LogP contribution in [-0.2, 0) is 4.79 Å². The molecule has 0 heterocycles. The monoisotopic (exact) mass is 298 g/mol. The van der Waals surface area contributed by atoms with Gasteiger partial charge in [0, 0.05) is 4.47 Å². The van der Waals surface area contributed by atoms with E-state index >= 15 is 0 Å². The van der Waals surface area contributed by atoms with Crippen molar-refractivity contribution in [2.45, 2.75) is 25.9 Å². The second-order valence-corrected chi connectivity index (χ2v) is 5.34. The van der Waals surface area contributed by atoms with Gasteiger partial charge >= 0.3 is 0 Å². The van der Waals surface area contributed by atoms with Crippen molar-refractivity contribution in [1.82, 2.24) is 10.2 Å². The molecule has 17 heavy (non-hydrogen) atoms. The number of halogens is 1. The van der Waals surface area contributed by atoms with Crippen molar-refractivity contribution in [3.05, 3.63) is 34.3 Å². The third-order valence-electron chi connectivity index (χ3n) is 2.88. The third-order valence-corrected chi connectivity index (χ3v) is 3.41. The summed E-state index contributed by atoms with van der Waals surface area (Å²) in [6.07, 6.45) is 0. The van der Waals surface area contributed by atoms with Gasteiger partial charge in [0.15, 0.2) is 0 Å². The summed E-state index contributed by atoms with van der Waals surface area (Å²) in [7, 11) is 3.79. The highest BCUT2D eigenvalue weighted by Crippen LogP contribution is 2.16. The Kier molecular flexibility index (Phi) is 5.15. The maximum Gasteiger partial charge on any atom is 0.237 e. The first-order valence-corrected chi connectivity index (χ1v) is 6.43. The van der Waals surface area contributed by atoms with Crippen molar-refractivity contribution in [3.63, 3.8) is 0 Å². The van der Waals surface area contributed by atoms with E-state index in [4.69, 9.17) is 0 Å². The first-order valence-electron chi connectivity index (χ1n) is 5.64. The number of likely N-dealkylation sites (N-methyl/N-ethyl adjacent to an activating group) is 1. The van der Waals surface area contributed by atoms with Gasteiger partial charge in [0.1, 0.15) is 0 Å². The number of rotatable bonds is 4. The maximum absolute atomic E-state index is 11.9. The van der Waals surface area contributed by atoms with Crippen LogP contribution in [0.5, 0.6) is 0 Å². The predicted molar refractivity (Wildman–Crippen MR) is 73.8 cm³/mol. The molecule has 2 atom stereocenters. The fourth-order valence-corrected chi connectivity index (χ4v) is 1.67. The average Bonchev–Trinajstić information content (AvgIpc) is 2.28. The first kappa shape index (κ1) is 14.2. The fourth-order valence-electron chi connectivity index (χ4n) is 1.40. The molecule has 0 aliphatic rings. The highest BCUT2D eigenvalue weighted by atomic mass is 79.9. The van der Waals surface area contributed by atoms with Gasteiger partial charge in [0.25, 0.3) is 0 Å². The minimum atomic E-state index is -0.118. The molecule has 1 amide bonds. The van der Waals surface area contributed by atoms with Crippen LogP contribution in [0.3, 0.4) is 0 Å². The minimum Gasteiger partial charge on any atom is -0.348 e. The largest absolute Gasteiger partial charge is 0.348 e. The van der Waals surface area contributed by atoms with Gasteiger partial charge < -0.3 is 5.32 Å². The fraction of sp³-hybridized carbons (Fsp3) is 0.462. The molecule has 0 saturated carbocycles. The lowest BCUT2D eigenvalue weighted by atomic mass is 10.1. The van der Waals surface area contributed by atoms with Crippen LogP contribution in [0.15, 0.2) is 28.7 Å². The molecule has 0 aromatic heterocycles. The van der Waals surface area contributed by atoms with E-state index in [9.17, 15) is 4.79 Å². The summed E-state index contributed by atoms with van der Waals surface area (Å²) in [5.41, 5.74) is 1.10. The molecular weight excluding hydrogens is 280 g/mol. The van der Waals surface area contributed by atoms with Gasteiger partial charge in [-0.1, -0.05) is 28.1 Å². The van der Waals surface area contributed by atoms with Crippen LogP contribution in [0.1, 0.15) is 25.5 Å². The molecule has 1 aromatic carbocycles. The molecule has 1 aromatic rings. The highest BCUT2D eigenvalue weighted by molar-refractivity contribution is 9.10. The topological polar surface area (TPSA) is 32.3 Å². The average molecular weight is 299 g/mol. The molecule has 0 bridgehead atoms. The van der Waals surface area contributed by atoms with E-state index < -0.39 is 0 Å². The molecule has 0 saturated heterocycles. The lowest BCUT2D eigenvalue weighted by Crippen LogP contribution is -2.42. The van der Waals surface area contributed by atoms with Gasteiger partial charge in [-0.05, 0) is 45.6 Å². The molecule has 1 unspecified atom stereocenters. The van der Waals surface area contributed by atoms with E-state index in [0.29, 0.717) is 0 Å². The maximum atomic E-state index is 11.9. The highest BCUT2D eigenvalue weighted by Gasteiger charge is 2.17. The van der Waals surface area contributed by atoms with Crippen LogP contribution in [0.25, 0.3) is 0 Å².